The summed E-state index contributed by atoms with van der Waals surface area (Å²) >= 11 is 6.06. The Morgan fingerprint density at radius 3 is 2.48 bits per heavy atom. The quantitative estimate of drug-likeness (QED) is 0.782. The molecule has 0 bridgehead atoms. The molecule has 0 saturated heterocycles. The molecule has 3 rings (SSSR count). The molecule has 0 unspecified atom stereocenters. The number of rotatable bonds is 3. The van der Waals surface area contributed by atoms with E-state index in [-0.39, 0.29) is 17.0 Å². The monoisotopic (exact) mass is 355 g/mol. The number of carbonyl (C=O) groups is 1. The molecule has 0 saturated carbocycles. The Labute approximate surface area is 150 Å². The predicted octanol–water partition coefficient (Wildman–Crippen LogP) is 3.51. The summed E-state index contributed by atoms with van der Waals surface area (Å²) in [6.07, 6.45) is 0. The van der Waals surface area contributed by atoms with Gasteiger partial charge in [0.05, 0.1) is 11.2 Å². The van der Waals surface area contributed by atoms with Gasteiger partial charge in [-0.3, -0.25) is 9.59 Å². The van der Waals surface area contributed by atoms with Gasteiger partial charge < -0.3 is 14.8 Å². The molecule has 0 fully saturated rings. The molecule has 3 aromatic rings. The van der Waals surface area contributed by atoms with Gasteiger partial charge in [-0.1, -0.05) is 29.8 Å². The van der Waals surface area contributed by atoms with Gasteiger partial charge in [0.15, 0.2) is 0 Å². The van der Waals surface area contributed by atoms with Crippen molar-refractivity contribution in [2.45, 2.75) is 0 Å². The van der Waals surface area contributed by atoms with Gasteiger partial charge in [0.25, 0.3) is 11.5 Å². The third kappa shape index (κ3) is 2.87. The number of nitrogens with zero attached hydrogens (tertiary/aromatic N) is 2. The van der Waals surface area contributed by atoms with Crippen molar-refractivity contribution in [2.24, 2.45) is 7.05 Å². The van der Waals surface area contributed by atoms with Crippen molar-refractivity contribution in [1.82, 2.24) is 4.57 Å². The minimum absolute atomic E-state index is 0.103. The molecule has 5 nitrogen and oxygen atoms in total. The van der Waals surface area contributed by atoms with Crippen LogP contribution in [0.3, 0.4) is 0 Å². The highest BCUT2D eigenvalue weighted by molar-refractivity contribution is 6.31. The van der Waals surface area contributed by atoms with Gasteiger partial charge in [-0.25, -0.2) is 0 Å². The van der Waals surface area contributed by atoms with E-state index in [2.05, 4.69) is 5.32 Å². The van der Waals surface area contributed by atoms with Crippen molar-refractivity contribution in [1.29, 1.82) is 0 Å². The van der Waals surface area contributed by atoms with Gasteiger partial charge >= 0.3 is 0 Å². The molecule has 0 aliphatic carbocycles. The summed E-state index contributed by atoms with van der Waals surface area (Å²) < 4.78 is 1.45. The number of fused-ring (bicyclic) bond motifs is 1. The number of aromatic nitrogens is 1. The Morgan fingerprint density at radius 1 is 1.16 bits per heavy atom. The summed E-state index contributed by atoms with van der Waals surface area (Å²) in [6, 6.07) is 14.5. The van der Waals surface area contributed by atoms with E-state index in [9.17, 15) is 9.59 Å². The van der Waals surface area contributed by atoms with Crippen LogP contribution in [0.1, 0.15) is 10.4 Å². The molecule has 1 aromatic heterocycles. The van der Waals surface area contributed by atoms with Gasteiger partial charge in [-0.15, -0.1) is 0 Å². The Balaban J connectivity index is 2.25. The Kier molecular flexibility index (Phi) is 4.51. The molecule has 6 heteroatoms. The van der Waals surface area contributed by atoms with Crippen LogP contribution in [0.2, 0.25) is 5.02 Å². The lowest BCUT2D eigenvalue weighted by atomic mass is 10.1. The fraction of sp³-hybridized carbons (Fsp3) is 0.158. The van der Waals surface area contributed by atoms with E-state index in [0.717, 1.165) is 5.39 Å². The lowest BCUT2D eigenvalue weighted by Crippen LogP contribution is -2.35. The summed E-state index contributed by atoms with van der Waals surface area (Å²) in [7, 11) is 4.99. The summed E-state index contributed by atoms with van der Waals surface area (Å²) in [5, 5.41) is 4.30. The topological polar surface area (TPSA) is 54.3 Å². The molecule has 0 atom stereocenters. The van der Waals surface area contributed by atoms with E-state index in [1.807, 2.05) is 36.4 Å². The van der Waals surface area contributed by atoms with Crippen LogP contribution in [0.4, 0.5) is 11.4 Å². The zero-order valence-corrected chi connectivity index (χ0v) is 15.0. The molecule has 1 N–H and O–H groups in total. The van der Waals surface area contributed by atoms with Crippen LogP contribution in [-0.4, -0.2) is 24.6 Å². The molecule has 128 valence electrons. The summed E-state index contributed by atoms with van der Waals surface area (Å²) in [4.78, 5) is 27.4. The number of amides is 1. The average molecular weight is 356 g/mol. The first-order valence-electron chi connectivity index (χ1n) is 7.78. The fourth-order valence-corrected chi connectivity index (χ4v) is 3.07. The smallest absolute Gasteiger partial charge is 0.265 e. The van der Waals surface area contributed by atoms with Crippen LogP contribution < -0.4 is 15.8 Å². The number of pyridine rings is 1. The third-order valence-corrected chi connectivity index (χ3v) is 4.51. The van der Waals surface area contributed by atoms with Crippen molar-refractivity contribution in [3.05, 3.63) is 69.5 Å². The Morgan fingerprint density at radius 2 is 1.84 bits per heavy atom. The van der Waals surface area contributed by atoms with Crippen LogP contribution in [0, 0.1) is 0 Å². The van der Waals surface area contributed by atoms with E-state index in [1.165, 1.54) is 9.47 Å². The molecule has 2 aromatic carbocycles. The van der Waals surface area contributed by atoms with Crippen molar-refractivity contribution in [3.63, 3.8) is 0 Å². The number of para-hydroxylation sites is 1. The Hall–Kier alpha value is -2.79. The number of hydrogen-bond donors (Lipinski definition) is 1. The van der Waals surface area contributed by atoms with Gasteiger partial charge in [0.1, 0.15) is 5.56 Å². The highest BCUT2D eigenvalue weighted by Gasteiger charge is 2.24. The first-order valence-corrected chi connectivity index (χ1v) is 8.16. The maximum Gasteiger partial charge on any atom is 0.265 e. The third-order valence-electron chi connectivity index (χ3n) is 4.27. The molecular weight excluding hydrogens is 338 g/mol. The van der Waals surface area contributed by atoms with E-state index in [4.69, 9.17) is 11.6 Å². The molecule has 0 spiro atoms. The van der Waals surface area contributed by atoms with Gasteiger partial charge in [-0.05, 0) is 30.3 Å². The van der Waals surface area contributed by atoms with Crippen LogP contribution in [0.15, 0.2) is 53.3 Å². The standard InChI is InChI=1S/C19H18ClN3O2/c1-21-17-14-10-9-12(20)11-15(14)23(3)19(25)16(17)18(24)22(2)13-7-5-4-6-8-13/h4-11,21H,1-3H3. The first-order chi connectivity index (χ1) is 12.0. The van der Waals surface area contributed by atoms with Crippen molar-refractivity contribution in [2.75, 3.05) is 24.3 Å². The Bertz CT molecular complexity index is 1010. The normalized spacial score (nSPS) is 10.7. The number of halogens is 1. The number of anilines is 2. The van der Waals surface area contributed by atoms with Crippen molar-refractivity contribution < 1.29 is 4.79 Å². The molecule has 25 heavy (non-hydrogen) atoms. The molecule has 0 aliphatic rings. The summed E-state index contributed by atoms with van der Waals surface area (Å²) in [5.41, 5.74) is 1.62. The van der Waals surface area contributed by atoms with E-state index < -0.39 is 0 Å². The minimum Gasteiger partial charge on any atom is -0.387 e. The number of nitrogens with one attached hydrogen (secondary N) is 1. The highest BCUT2D eigenvalue weighted by atomic mass is 35.5. The SMILES string of the molecule is CNc1c(C(=O)N(C)c2ccccc2)c(=O)n(C)c2cc(Cl)ccc12. The number of carbonyl (C=O) groups excluding carboxylic acids is 1. The van der Waals surface area contributed by atoms with E-state index in [1.54, 1.807) is 33.3 Å². The highest BCUT2D eigenvalue weighted by Crippen LogP contribution is 2.28. The predicted molar refractivity (Wildman–Crippen MR) is 103 cm³/mol. The maximum atomic E-state index is 13.1. The van der Waals surface area contributed by atoms with Crippen LogP contribution in [0.5, 0.6) is 0 Å². The fourth-order valence-electron chi connectivity index (χ4n) is 2.91. The second-order valence-electron chi connectivity index (χ2n) is 5.73. The largest absolute Gasteiger partial charge is 0.387 e. The molecule has 0 aliphatic heterocycles. The lowest BCUT2D eigenvalue weighted by Gasteiger charge is -2.20. The van der Waals surface area contributed by atoms with Gasteiger partial charge in [-0.2, -0.15) is 0 Å². The second-order valence-corrected chi connectivity index (χ2v) is 6.16. The summed E-state index contributed by atoms with van der Waals surface area (Å²) in [6.45, 7) is 0. The minimum atomic E-state index is -0.369. The zero-order valence-electron chi connectivity index (χ0n) is 14.2. The van der Waals surface area contributed by atoms with Crippen LogP contribution >= 0.6 is 11.6 Å². The number of hydrogen-bond acceptors (Lipinski definition) is 3. The molecule has 1 amide bonds. The van der Waals surface area contributed by atoms with Crippen LogP contribution in [-0.2, 0) is 7.05 Å². The van der Waals surface area contributed by atoms with Gasteiger partial charge in [0.2, 0.25) is 0 Å². The average Bonchev–Trinajstić information content (AvgIpc) is 2.64. The molecule has 1 heterocycles. The van der Waals surface area contributed by atoms with E-state index >= 15 is 0 Å². The van der Waals surface area contributed by atoms with Crippen molar-refractivity contribution in [3.8, 4) is 0 Å². The first kappa shape index (κ1) is 17.0. The van der Waals surface area contributed by atoms with Crippen molar-refractivity contribution >= 4 is 39.8 Å². The second kappa shape index (κ2) is 6.61. The molecule has 0 radical (unpaired) electrons. The lowest BCUT2D eigenvalue weighted by molar-refractivity contribution is 0.0992. The van der Waals surface area contributed by atoms with Gasteiger partial charge in [0, 0.05) is 37.2 Å². The van der Waals surface area contributed by atoms with Crippen LogP contribution in [0.25, 0.3) is 10.9 Å². The maximum absolute atomic E-state index is 13.1. The number of benzene rings is 2. The van der Waals surface area contributed by atoms with E-state index in [0.29, 0.717) is 21.9 Å². The summed E-state index contributed by atoms with van der Waals surface area (Å²) in [5.74, 6) is -0.368. The number of aryl methyl sites for hydroxylation is 1. The zero-order chi connectivity index (χ0) is 18.1. The molecular formula is C19H18ClN3O2.